The minimum absolute atomic E-state index is 0.0876. The van der Waals surface area contributed by atoms with E-state index in [4.69, 9.17) is 32.7 Å². The van der Waals surface area contributed by atoms with Crippen molar-refractivity contribution in [2.45, 2.75) is 6.61 Å². The summed E-state index contributed by atoms with van der Waals surface area (Å²) in [5.74, 6) is -0.309. The molecule has 0 aromatic heterocycles. The van der Waals surface area contributed by atoms with Gasteiger partial charge < -0.3 is 9.47 Å². The minimum Gasteiger partial charge on any atom is -0.489 e. The van der Waals surface area contributed by atoms with Crippen LogP contribution in [0.2, 0.25) is 10.0 Å². The number of esters is 1. The molecule has 3 aromatic rings. The van der Waals surface area contributed by atoms with E-state index in [1.54, 1.807) is 66.7 Å². The summed E-state index contributed by atoms with van der Waals surface area (Å²) in [6.07, 6.45) is 1.57. The largest absolute Gasteiger partial charge is 0.489 e. The maximum absolute atomic E-state index is 13.7. The molecule has 0 unspecified atom stereocenters. The number of carbonyl (C=O) groups excluding carboxylic acids is 1. The lowest BCUT2D eigenvalue weighted by Gasteiger charge is -2.07. The second-order valence-electron chi connectivity index (χ2n) is 6.41. The maximum atomic E-state index is 13.7. The van der Waals surface area contributed by atoms with Crippen LogP contribution >= 0.6 is 23.2 Å². The van der Waals surface area contributed by atoms with Gasteiger partial charge in [-0.15, -0.1) is 0 Å². The SMILES string of the molecule is O=C1OC(c2cc(Cl)ccc2Cl)=N/C1=C/c1cccc(OCc2ccccc2F)c1. The lowest BCUT2D eigenvalue weighted by molar-refractivity contribution is -0.129. The molecule has 0 atom stereocenters. The van der Waals surface area contributed by atoms with Gasteiger partial charge >= 0.3 is 5.97 Å². The van der Waals surface area contributed by atoms with E-state index in [1.165, 1.54) is 6.07 Å². The van der Waals surface area contributed by atoms with Gasteiger partial charge in [0.1, 0.15) is 18.2 Å². The van der Waals surface area contributed by atoms with E-state index in [9.17, 15) is 9.18 Å². The molecule has 0 radical (unpaired) electrons. The molecule has 0 spiro atoms. The van der Waals surface area contributed by atoms with Gasteiger partial charge in [0.25, 0.3) is 0 Å². The van der Waals surface area contributed by atoms with Crippen molar-refractivity contribution in [1.82, 2.24) is 0 Å². The van der Waals surface area contributed by atoms with Crippen LogP contribution in [0, 0.1) is 5.82 Å². The molecule has 7 heteroatoms. The average molecular weight is 442 g/mol. The summed E-state index contributed by atoms with van der Waals surface area (Å²) in [5, 5.41) is 0.820. The molecule has 1 aliphatic heterocycles. The zero-order valence-electron chi connectivity index (χ0n) is 15.4. The van der Waals surface area contributed by atoms with Crippen LogP contribution in [0.15, 0.2) is 77.4 Å². The summed E-state index contributed by atoms with van der Waals surface area (Å²) in [6, 6.07) is 18.3. The summed E-state index contributed by atoms with van der Waals surface area (Å²) in [5.41, 5.74) is 1.68. The number of carbonyl (C=O) groups is 1. The van der Waals surface area contributed by atoms with Gasteiger partial charge in [0.2, 0.25) is 5.90 Å². The predicted molar refractivity (Wildman–Crippen MR) is 114 cm³/mol. The number of hydrogen-bond acceptors (Lipinski definition) is 4. The summed E-state index contributed by atoms with van der Waals surface area (Å²) < 4.78 is 24.7. The second-order valence-corrected chi connectivity index (χ2v) is 7.26. The number of rotatable bonds is 5. The van der Waals surface area contributed by atoms with Crippen LogP contribution in [-0.4, -0.2) is 11.9 Å². The molecular formula is C23H14Cl2FNO3. The topological polar surface area (TPSA) is 47.9 Å². The third-order valence-corrected chi connectivity index (χ3v) is 4.86. The molecule has 30 heavy (non-hydrogen) atoms. The van der Waals surface area contributed by atoms with Gasteiger partial charge in [-0.1, -0.05) is 53.5 Å². The fourth-order valence-corrected chi connectivity index (χ4v) is 3.18. The standard InChI is InChI=1S/C23H14Cl2FNO3/c24-16-8-9-19(25)18(12-16)22-27-21(23(28)30-22)11-14-4-3-6-17(10-14)29-13-15-5-1-2-7-20(15)26/h1-12H,13H2/b21-11+. The van der Waals surface area contributed by atoms with E-state index >= 15 is 0 Å². The number of benzene rings is 3. The Bertz CT molecular complexity index is 1190. The molecule has 4 rings (SSSR count). The highest BCUT2D eigenvalue weighted by Crippen LogP contribution is 2.27. The van der Waals surface area contributed by atoms with Crippen molar-refractivity contribution in [3.63, 3.8) is 0 Å². The molecule has 1 heterocycles. The monoisotopic (exact) mass is 441 g/mol. The Labute approximate surface area is 182 Å². The Morgan fingerprint density at radius 1 is 1.03 bits per heavy atom. The molecule has 0 amide bonds. The van der Waals surface area contributed by atoms with Gasteiger partial charge in [-0.2, -0.15) is 0 Å². The molecular weight excluding hydrogens is 428 g/mol. The van der Waals surface area contributed by atoms with Gasteiger partial charge in [0, 0.05) is 10.6 Å². The molecule has 0 saturated heterocycles. The summed E-state index contributed by atoms with van der Waals surface area (Å²) in [7, 11) is 0. The van der Waals surface area contributed by atoms with Crippen molar-refractivity contribution in [1.29, 1.82) is 0 Å². The number of nitrogens with zero attached hydrogens (tertiary/aromatic N) is 1. The molecule has 1 aliphatic rings. The molecule has 3 aromatic carbocycles. The Kier molecular flexibility index (Phi) is 5.84. The predicted octanol–water partition coefficient (Wildman–Crippen LogP) is 6.06. The quantitative estimate of drug-likeness (QED) is 0.357. The van der Waals surface area contributed by atoms with Crippen LogP contribution in [0.5, 0.6) is 5.75 Å². The van der Waals surface area contributed by atoms with E-state index in [0.29, 0.717) is 32.5 Å². The molecule has 0 N–H and O–H groups in total. The van der Waals surface area contributed by atoms with Crippen molar-refractivity contribution >= 4 is 41.1 Å². The van der Waals surface area contributed by atoms with Crippen molar-refractivity contribution in [3.8, 4) is 5.75 Å². The van der Waals surface area contributed by atoms with E-state index in [-0.39, 0.29) is 24.0 Å². The highest BCUT2D eigenvalue weighted by Gasteiger charge is 2.25. The van der Waals surface area contributed by atoms with Crippen molar-refractivity contribution in [2.75, 3.05) is 0 Å². The van der Waals surface area contributed by atoms with Crippen molar-refractivity contribution in [3.05, 3.63) is 105 Å². The summed E-state index contributed by atoms with van der Waals surface area (Å²) >= 11 is 12.1. The lowest BCUT2D eigenvalue weighted by atomic mass is 10.2. The fraction of sp³-hybridized carbons (Fsp3) is 0.0435. The van der Waals surface area contributed by atoms with E-state index in [1.807, 2.05) is 0 Å². The van der Waals surface area contributed by atoms with Gasteiger partial charge in [-0.25, -0.2) is 14.2 Å². The number of ether oxygens (including phenoxy) is 2. The first kappa shape index (κ1) is 20.1. The van der Waals surface area contributed by atoms with Gasteiger partial charge in [-0.3, -0.25) is 0 Å². The average Bonchev–Trinajstić information content (AvgIpc) is 3.09. The number of aliphatic imine (C=N–C) groups is 1. The lowest BCUT2D eigenvalue weighted by Crippen LogP contribution is -2.06. The highest BCUT2D eigenvalue weighted by atomic mass is 35.5. The number of cyclic esters (lactones) is 1. The zero-order valence-corrected chi connectivity index (χ0v) is 17.0. The molecule has 4 nitrogen and oxygen atoms in total. The van der Waals surface area contributed by atoms with Crippen LogP contribution in [0.4, 0.5) is 4.39 Å². The first-order valence-corrected chi connectivity index (χ1v) is 9.69. The zero-order chi connectivity index (χ0) is 21.1. The first-order valence-electron chi connectivity index (χ1n) is 8.94. The highest BCUT2D eigenvalue weighted by molar-refractivity contribution is 6.36. The van der Waals surface area contributed by atoms with E-state index < -0.39 is 5.97 Å². The van der Waals surface area contributed by atoms with Gasteiger partial charge in [0.05, 0.1) is 10.6 Å². The van der Waals surface area contributed by atoms with Crippen LogP contribution in [0.3, 0.4) is 0 Å². The van der Waals surface area contributed by atoms with Gasteiger partial charge in [-0.05, 0) is 48.0 Å². The van der Waals surface area contributed by atoms with Crippen LogP contribution in [0.1, 0.15) is 16.7 Å². The van der Waals surface area contributed by atoms with Crippen LogP contribution in [0.25, 0.3) is 6.08 Å². The van der Waals surface area contributed by atoms with Crippen molar-refractivity contribution < 1.29 is 18.7 Å². The number of halogens is 3. The molecule has 0 aliphatic carbocycles. The Balaban J connectivity index is 1.55. The Hall–Kier alpha value is -3.15. The Morgan fingerprint density at radius 2 is 1.87 bits per heavy atom. The molecule has 150 valence electrons. The molecule has 0 fully saturated rings. The first-order chi connectivity index (χ1) is 14.5. The normalized spacial score (nSPS) is 14.6. The van der Waals surface area contributed by atoms with Gasteiger partial charge in [0.15, 0.2) is 5.70 Å². The third-order valence-electron chi connectivity index (χ3n) is 4.29. The molecule has 0 saturated carbocycles. The summed E-state index contributed by atoms with van der Waals surface area (Å²) in [4.78, 5) is 16.5. The van der Waals surface area contributed by atoms with Crippen molar-refractivity contribution in [2.24, 2.45) is 4.99 Å². The smallest absolute Gasteiger partial charge is 0.363 e. The second kappa shape index (κ2) is 8.69. The van der Waals surface area contributed by atoms with E-state index in [2.05, 4.69) is 4.99 Å². The van der Waals surface area contributed by atoms with E-state index in [0.717, 1.165) is 0 Å². The maximum Gasteiger partial charge on any atom is 0.363 e. The number of hydrogen-bond donors (Lipinski definition) is 0. The van der Waals surface area contributed by atoms with Crippen LogP contribution in [-0.2, 0) is 16.1 Å². The summed E-state index contributed by atoms with van der Waals surface area (Å²) in [6.45, 7) is 0.0876. The molecule has 0 bridgehead atoms. The minimum atomic E-state index is -0.598. The fourth-order valence-electron chi connectivity index (χ4n) is 2.81. The third kappa shape index (κ3) is 4.53. The van der Waals surface area contributed by atoms with Crippen LogP contribution < -0.4 is 4.74 Å². The Morgan fingerprint density at radius 3 is 2.70 bits per heavy atom.